The largest absolute Gasteiger partial charge is 0.489 e. The van der Waals surface area contributed by atoms with Gasteiger partial charge in [-0.15, -0.1) is 0 Å². The molecule has 0 aliphatic heterocycles. The minimum Gasteiger partial charge on any atom is -0.489 e. The summed E-state index contributed by atoms with van der Waals surface area (Å²) >= 11 is 3.43. The van der Waals surface area contributed by atoms with E-state index in [1.54, 1.807) is 6.20 Å². The molecule has 1 aromatic heterocycles. The second-order valence-electron chi connectivity index (χ2n) is 5.86. The molecule has 25 heavy (non-hydrogen) atoms. The van der Waals surface area contributed by atoms with E-state index in [4.69, 9.17) is 4.74 Å². The zero-order chi connectivity index (χ0) is 17.3. The number of aromatic nitrogens is 1. The normalized spacial score (nSPS) is 11.9. The molecule has 1 N–H and O–H groups in total. The molecule has 0 aliphatic rings. The summed E-state index contributed by atoms with van der Waals surface area (Å²) in [6.07, 6.45) is 2.65. The number of nitrogens with one attached hydrogen (secondary N) is 1. The molecule has 2 aromatic carbocycles. The Kier molecular flexibility index (Phi) is 6.60. The van der Waals surface area contributed by atoms with Gasteiger partial charge in [-0.3, -0.25) is 0 Å². The fourth-order valence-electron chi connectivity index (χ4n) is 2.62. The van der Waals surface area contributed by atoms with E-state index < -0.39 is 0 Å². The Balaban J connectivity index is 1.64. The average Bonchev–Trinajstić information content (AvgIpc) is 2.67. The van der Waals surface area contributed by atoms with Crippen LogP contribution in [0.1, 0.15) is 11.1 Å². The lowest BCUT2D eigenvalue weighted by Crippen LogP contribution is -2.36. The number of hydrogen-bond donors (Lipinski definition) is 1. The number of rotatable bonds is 8. The highest BCUT2D eigenvalue weighted by Gasteiger charge is 2.12. The molecule has 4 heteroatoms. The molecule has 1 heterocycles. The van der Waals surface area contributed by atoms with Gasteiger partial charge in [0, 0.05) is 18.8 Å². The molecule has 0 radical (unpaired) electrons. The van der Waals surface area contributed by atoms with Gasteiger partial charge in [0.25, 0.3) is 0 Å². The van der Waals surface area contributed by atoms with E-state index in [0.717, 1.165) is 23.3 Å². The third-order valence-corrected chi connectivity index (χ3v) is 4.52. The molecule has 128 valence electrons. The van der Waals surface area contributed by atoms with Crippen LogP contribution in [0, 0.1) is 0 Å². The molecule has 0 bridgehead atoms. The lowest BCUT2D eigenvalue weighted by molar-refractivity contribution is 0.259. The molecule has 0 unspecified atom stereocenters. The van der Waals surface area contributed by atoms with Crippen molar-refractivity contribution in [3.05, 3.63) is 94.7 Å². The maximum Gasteiger partial charge on any atom is 0.152 e. The molecule has 3 aromatic rings. The molecule has 3 rings (SSSR count). The SMILES string of the molecule is Brc1ncccc1OC[C@H](Cc1ccccc1)NCc1ccccc1. The lowest BCUT2D eigenvalue weighted by Gasteiger charge is -2.20. The molecule has 0 aliphatic carbocycles. The summed E-state index contributed by atoms with van der Waals surface area (Å²) in [5.74, 6) is 0.766. The molecular formula is C21H21BrN2O. The maximum absolute atomic E-state index is 5.99. The van der Waals surface area contributed by atoms with Crippen LogP contribution in [0.15, 0.2) is 83.6 Å². The molecule has 1 atom stereocenters. The number of halogens is 1. The summed E-state index contributed by atoms with van der Waals surface area (Å²) in [6, 6.07) is 24.9. The summed E-state index contributed by atoms with van der Waals surface area (Å²) in [7, 11) is 0. The third kappa shape index (κ3) is 5.69. The van der Waals surface area contributed by atoms with E-state index >= 15 is 0 Å². The summed E-state index contributed by atoms with van der Waals surface area (Å²) in [6.45, 7) is 1.39. The first kappa shape index (κ1) is 17.6. The van der Waals surface area contributed by atoms with Gasteiger partial charge >= 0.3 is 0 Å². The number of ether oxygens (including phenoxy) is 1. The van der Waals surface area contributed by atoms with Gasteiger partial charge < -0.3 is 10.1 Å². The van der Waals surface area contributed by atoms with Crippen LogP contribution in [0.5, 0.6) is 5.75 Å². The minimum absolute atomic E-state index is 0.203. The quantitative estimate of drug-likeness (QED) is 0.563. The average molecular weight is 397 g/mol. The van der Waals surface area contributed by atoms with Crippen molar-refractivity contribution in [3.8, 4) is 5.75 Å². The zero-order valence-corrected chi connectivity index (χ0v) is 15.5. The van der Waals surface area contributed by atoms with E-state index in [0.29, 0.717) is 6.61 Å². The Hall–Kier alpha value is -2.17. The summed E-state index contributed by atoms with van der Waals surface area (Å²) in [5, 5.41) is 3.61. The minimum atomic E-state index is 0.203. The fourth-order valence-corrected chi connectivity index (χ4v) is 2.98. The van der Waals surface area contributed by atoms with Crippen molar-refractivity contribution in [2.45, 2.75) is 19.0 Å². The maximum atomic E-state index is 5.99. The van der Waals surface area contributed by atoms with Crippen LogP contribution >= 0.6 is 15.9 Å². The monoisotopic (exact) mass is 396 g/mol. The van der Waals surface area contributed by atoms with Gasteiger partial charge in [0.05, 0.1) is 0 Å². The van der Waals surface area contributed by atoms with Gasteiger partial charge in [-0.25, -0.2) is 4.98 Å². The molecule has 0 saturated carbocycles. The van der Waals surface area contributed by atoms with Crippen molar-refractivity contribution in [3.63, 3.8) is 0 Å². The van der Waals surface area contributed by atoms with Crippen molar-refractivity contribution in [1.82, 2.24) is 10.3 Å². The van der Waals surface area contributed by atoms with Crippen LogP contribution < -0.4 is 10.1 Å². The van der Waals surface area contributed by atoms with Crippen molar-refractivity contribution in [2.24, 2.45) is 0 Å². The van der Waals surface area contributed by atoms with Crippen LogP contribution in [0.4, 0.5) is 0 Å². The Morgan fingerprint density at radius 3 is 2.24 bits per heavy atom. The van der Waals surface area contributed by atoms with E-state index in [9.17, 15) is 0 Å². The van der Waals surface area contributed by atoms with Gasteiger partial charge in [0.15, 0.2) is 5.75 Å². The van der Waals surface area contributed by atoms with Gasteiger partial charge in [-0.1, -0.05) is 60.7 Å². The molecule has 0 amide bonds. The predicted octanol–water partition coefficient (Wildman–Crippen LogP) is 4.62. The summed E-state index contributed by atoms with van der Waals surface area (Å²) < 4.78 is 6.72. The molecule has 0 spiro atoms. The highest BCUT2D eigenvalue weighted by Crippen LogP contribution is 2.21. The molecular weight excluding hydrogens is 376 g/mol. The van der Waals surface area contributed by atoms with Crippen LogP contribution in [-0.2, 0) is 13.0 Å². The molecule has 0 saturated heterocycles. The lowest BCUT2D eigenvalue weighted by atomic mass is 10.1. The number of nitrogens with zero attached hydrogens (tertiary/aromatic N) is 1. The van der Waals surface area contributed by atoms with Gasteiger partial charge in [-0.2, -0.15) is 0 Å². The van der Waals surface area contributed by atoms with Crippen molar-refractivity contribution in [2.75, 3.05) is 6.61 Å². The standard InChI is InChI=1S/C21H21BrN2O/c22-21-20(12-7-13-23-21)25-16-19(14-17-8-3-1-4-9-17)24-15-18-10-5-2-6-11-18/h1-13,19,24H,14-16H2/t19-/m0/s1. The third-order valence-electron chi connectivity index (χ3n) is 3.93. The van der Waals surface area contributed by atoms with Crippen LogP contribution in [0.3, 0.4) is 0 Å². The second kappa shape index (κ2) is 9.35. The van der Waals surface area contributed by atoms with Crippen LogP contribution in [0.2, 0.25) is 0 Å². The van der Waals surface area contributed by atoms with Crippen molar-refractivity contribution < 1.29 is 4.74 Å². The summed E-state index contributed by atoms with van der Waals surface area (Å²) in [5.41, 5.74) is 2.56. The van der Waals surface area contributed by atoms with Gasteiger partial charge in [0.2, 0.25) is 0 Å². The van der Waals surface area contributed by atoms with Crippen LogP contribution in [0.25, 0.3) is 0 Å². The van der Waals surface area contributed by atoms with Gasteiger partial charge in [0.1, 0.15) is 11.2 Å². The van der Waals surface area contributed by atoms with Crippen molar-refractivity contribution in [1.29, 1.82) is 0 Å². The number of benzene rings is 2. The smallest absolute Gasteiger partial charge is 0.152 e. The Bertz CT molecular complexity index is 765. The Morgan fingerprint density at radius 2 is 1.56 bits per heavy atom. The number of pyridine rings is 1. The van der Waals surface area contributed by atoms with Crippen molar-refractivity contribution >= 4 is 15.9 Å². The Labute approximate surface area is 157 Å². The second-order valence-corrected chi connectivity index (χ2v) is 6.61. The zero-order valence-electron chi connectivity index (χ0n) is 13.9. The summed E-state index contributed by atoms with van der Waals surface area (Å²) in [4.78, 5) is 4.21. The first-order valence-corrected chi connectivity index (χ1v) is 9.15. The first-order chi connectivity index (χ1) is 12.3. The van der Waals surface area contributed by atoms with Crippen LogP contribution in [-0.4, -0.2) is 17.6 Å². The van der Waals surface area contributed by atoms with Gasteiger partial charge in [-0.05, 0) is 45.6 Å². The topological polar surface area (TPSA) is 34.1 Å². The van der Waals surface area contributed by atoms with E-state index in [1.165, 1.54) is 11.1 Å². The van der Waals surface area contributed by atoms with E-state index in [2.05, 4.69) is 74.8 Å². The number of hydrogen-bond acceptors (Lipinski definition) is 3. The van der Waals surface area contributed by atoms with E-state index in [-0.39, 0.29) is 6.04 Å². The predicted molar refractivity (Wildman–Crippen MR) is 105 cm³/mol. The molecule has 0 fully saturated rings. The first-order valence-electron chi connectivity index (χ1n) is 8.36. The van der Waals surface area contributed by atoms with E-state index in [1.807, 2.05) is 24.3 Å². The molecule has 3 nitrogen and oxygen atoms in total. The highest BCUT2D eigenvalue weighted by molar-refractivity contribution is 9.10. The Morgan fingerprint density at radius 1 is 0.880 bits per heavy atom. The fraction of sp³-hybridized carbons (Fsp3) is 0.190. The highest BCUT2D eigenvalue weighted by atomic mass is 79.9.